The van der Waals surface area contributed by atoms with Crippen LogP contribution < -0.4 is 5.32 Å². The number of carbonyl (C=O) groups is 3. The number of hydrogen-bond acceptors (Lipinski definition) is 8. The maximum Gasteiger partial charge on any atom is 0.254 e. The number of nitrogens with zero attached hydrogens (tertiary/aromatic N) is 8. The fraction of sp³-hybridized carbons (Fsp3) is 0.577. The molecule has 12 heteroatoms. The van der Waals surface area contributed by atoms with Crippen LogP contribution in [-0.2, 0) is 9.59 Å². The standard InChI is InChI=1S/C26H33N9O3/c1-18-10-22-29-13-19(14-35(22)31-18)25(38)30-17-26(2,3)32(15-23(36)33-8-4-6-20(33)11-27)16-24(37)34-9-5-7-21(34)12-28/h10,13-14,20-21H,4-9,15-17H2,1-3H3,(H,30,38)/t20-,21-/m0/s1. The van der Waals surface area contributed by atoms with Gasteiger partial charge in [0.25, 0.3) is 5.91 Å². The number of nitriles is 2. The Hall–Kier alpha value is -4.03. The zero-order valence-electron chi connectivity index (χ0n) is 22.1. The van der Waals surface area contributed by atoms with Gasteiger partial charge in [-0.25, -0.2) is 9.50 Å². The summed E-state index contributed by atoms with van der Waals surface area (Å²) in [5.41, 5.74) is 0.954. The molecule has 2 atom stereocenters. The van der Waals surface area contributed by atoms with E-state index in [-0.39, 0.29) is 37.4 Å². The topological polar surface area (TPSA) is 151 Å². The van der Waals surface area contributed by atoms with Crippen LogP contribution in [0.5, 0.6) is 0 Å². The Morgan fingerprint density at radius 2 is 1.66 bits per heavy atom. The summed E-state index contributed by atoms with van der Waals surface area (Å²) in [7, 11) is 0. The van der Waals surface area contributed by atoms with Crippen molar-refractivity contribution in [1.82, 2.24) is 34.6 Å². The molecule has 2 aromatic heterocycles. The van der Waals surface area contributed by atoms with Gasteiger partial charge in [0.1, 0.15) is 12.1 Å². The number of amides is 3. The number of likely N-dealkylation sites (tertiary alicyclic amines) is 2. The third-order valence-electron chi connectivity index (χ3n) is 7.33. The molecule has 0 aromatic carbocycles. The highest BCUT2D eigenvalue weighted by Crippen LogP contribution is 2.22. The van der Waals surface area contributed by atoms with E-state index >= 15 is 0 Å². The molecule has 0 bridgehead atoms. The minimum atomic E-state index is -0.801. The number of rotatable bonds is 8. The monoisotopic (exact) mass is 519 g/mol. The number of nitrogens with one attached hydrogen (secondary N) is 1. The minimum absolute atomic E-state index is 0.0854. The van der Waals surface area contributed by atoms with E-state index in [0.29, 0.717) is 37.1 Å². The molecule has 2 saturated heterocycles. The number of hydrogen-bond donors (Lipinski definition) is 1. The molecule has 0 aliphatic carbocycles. The van der Waals surface area contributed by atoms with E-state index in [4.69, 9.17) is 0 Å². The fourth-order valence-corrected chi connectivity index (χ4v) is 5.01. The average molecular weight is 520 g/mol. The smallest absolute Gasteiger partial charge is 0.254 e. The molecule has 3 amide bonds. The lowest BCUT2D eigenvalue weighted by molar-refractivity contribution is -0.138. The van der Waals surface area contributed by atoms with Crippen molar-refractivity contribution >= 4 is 23.4 Å². The maximum absolute atomic E-state index is 13.2. The van der Waals surface area contributed by atoms with Crippen molar-refractivity contribution in [2.75, 3.05) is 32.7 Å². The van der Waals surface area contributed by atoms with E-state index < -0.39 is 17.6 Å². The van der Waals surface area contributed by atoms with Crippen LogP contribution in [0.1, 0.15) is 55.6 Å². The normalized spacial score (nSPS) is 19.5. The molecule has 12 nitrogen and oxygen atoms in total. The second-order valence-electron chi connectivity index (χ2n) is 10.5. The van der Waals surface area contributed by atoms with Crippen molar-refractivity contribution in [2.45, 2.75) is 64.1 Å². The molecule has 4 rings (SSSR count). The van der Waals surface area contributed by atoms with Gasteiger partial charge in [0.2, 0.25) is 11.8 Å². The van der Waals surface area contributed by atoms with Crippen molar-refractivity contribution in [1.29, 1.82) is 10.5 Å². The first-order chi connectivity index (χ1) is 18.1. The summed E-state index contributed by atoms with van der Waals surface area (Å²) in [6.07, 6.45) is 5.86. The Bertz CT molecular complexity index is 1260. The highest BCUT2D eigenvalue weighted by molar-refractivity contribution is 5.93. The fourth-order valence-electron chi connectivity index (χ4n) is 5.01. The second-order valence-corrected chi connectivity index (χ2v) is 10.5. The molecule has 200 valence electrons. The zero-order valence-corrected chi connectivity index (χ0v) is 22.1. The third kappa shape index (κ3) is 5.76. The highest BCUT2D eigenvalue weighted by Gasteiger charge is 2.37. The summed E-state index contributed by atoms with van der Waals surface area (Å²) >= 11 is 0. The quantitative estimate of drug-likeness (QED) is 0.540. The first-order valence-corrected chi connectivity index (χ1v) is 12.9. The summed E-state index contributed by atoms with van der Waals surface area (Å²) in [4.78, 5) is 48.6. The molecule has 4 heterocycles. The number of aryl methyl sites for hydroxylation is 1. The van der Waals surface area contributed by atoms with Gasteiger partial charge in [0.05, 0.1) is 36.5 Å². The second kappa shape index (κ2) is 11.2. The van der Waals surface area contributed by atoms with Crippen LogP contribution in [-0.4, -0.2) is 97.4 Å². The molecule has 2 aliphatic rings. The van der Waals surface area contributed by atoms with Crippen LogP contribution in [0.15, 0.2) is 18.5 Å². The Labute approximate surface area is 221 Å². The summed E-state index contributed by atoms with van der Waals surface area (Å²) < 4.78 is 1.54. The van der Waals surface area contributed by atoms with Crippen molar-refractivity contribution in [3.05, 3.63) is 29.7 Å². The molecule has 0 unspecified atom stereocenters. The van der Waals surface area contributed by atoms with Crippen LogP contribution in [0.2, 0.25) is 0 Å². The van der Waals surface area contributed by atoms with Crippen molar-refractivity contribution in [2.24, 2.45) is 0 Å². The van der Waals surface area contributed by atoms with Gasteiger partial charge in [-0.15, -0.1) is 0 Å². The van der Waals surface area contributed by atoms with Crippen LogP contribution in [0.3, 0.4) is 0 Å². The van der Waals surface area contributed by atoms with Crippen LogP contribution in [0.25, 0.3) is 5.65 Å². The molecule has 2 aliphatic heterocycles. The summed E-state index contributed by atoms with van der Waals surface area (Å²) in [5, 5.41) is 26.1. The molecule has 0 spiro atoms. The average Bonchev–Trinajstić information content (AvgIpc) is 3.64. The lowest BCUT2D eigenvalue weighted by Crippen LogP contribution is -2.58. The Morgan fingerprint density at radius 3 is 2.21 bits per heavy atom. The van der Waals surface area contributed by atoms with Crippen molar-refractivity contribution in [3.8, 4) is 12.1 Å². The van der Waals surface area contributed by atoms with E-state index in [1.807, 2.05) is 26.8 Å². The van der Waals surface area contributed by atoms with E-state index in [9.17, 15) is 24.9 Å². The zero-order chi connectivity index (χ0) is 27.4. The van der Waals surface area contributed by atoms with E-state index in [0.717, 1.165) is 18.5 Å². The van der Waals surface area contributed by atoms with Crippen LogP contribution in [0, 0.1) is 29.6 Å². The third-order valence-corrected chi connectivity index (χ3v) is 7.33. The van der Waals surface area contributed by atoms with Gasteiger partial charge in [0.15, 0.2) is 5.65 Å². The van der Waals surface area contributed by atoms with E-state index in [2.05, 4.69) is 27.5 Å². The number of aromatic nitrogens is 3. The van der Waals surface area contributed by atoms with Gasteiger partial charge >= 0.3 is 0 Å². The van der Waals surface area contributed by atoms with E-state index in [1.165, 1.54) is 6.20 Å². The van der Waals surface area contributed by atoms with Crippen molar-refractivity contribution in [3.63, 3.8) is 0 Å². The lowest BCUT2D eigenvalue weighted by Gasteiger charge is -2.39. The first kappa shape index (κ1) is 27.0. The molecular formula is C26H33N9O3. The Morgan fingerprint density at radius 1 is 1.08 bits per heavy atom. The summed E-state index contributed by atoms with van der Waals surface area (Å²) in [5.74, 6) is -0.821. The largest absolute Gasteiger partial charge is 0.350 e. The number of fused-ring (bicyclic) bond motifs is 1. The SMILES string of the molecule is Cc1cc2ncc(C(=O)NCC(C)(C)N(CC(=O)N3CCC[C@H]3C#N)CC(=O)N3CCC[C@H]3C#N)cn2n1. The van der Waals surface area contributed by atoms with Gasteiger partial charge in [0, 0.05) is 43.6 Å². The minimum Gasteiger partial charge on any atom is -0.350 e. The summed E-state index contributed by atoms with van der Waals surface area (Å²) in [6, 6.07) is 5.23. The van der Waals surface area contributed by atoms with Gasteiger partial charge in [-0.1, -0.05) is 0 Å². The van der Waals surface area contributed by atoms with Crippen molar-refractivity contribution < 1.29 is 14.4 Å². The van der Waals surface area contributed by atoms with Gasteiger partial charge in [-0.3, -0.25) is 19.3 Å². The number of carbonyl (C=O) groups excluding carboxylic acids is 3. The predicted octanol–water partition coefficient (Wildman–Crippen LogP) is 0.877. The highest BCUT2D eigenvalue weighted by atomic mass is 16.2. The summed E-state index contributed by atoms with van der Waals surface area (Å²) in [6.45, 7) is 6.52. The first-order valence-electron chi connectivity index (χ1n) is 12.9. The van der Waals surface area contributed by atoms with Crippen LogP contribution >= 0.6 is 0 Å². The molecule has 1 N–H and O–H groups in total. The lowest BCUT2D eigenvalue weighted by atomic mass is 10.0. The van der Waals surface area contributed by atoms with E-state index in [1.54, 1.807) is 25.4 Å². The van der Waals surface area contributed by atoms with Gasteiger partial charge in [-0.05, 0) is 46.5 Å². The molecule has 0 saturated carbocycles. The predicted molar refractivity (Wildman–Crippen MR) is 136 cm³/mol. The molecular weight excluding hydrogens is 486 g/mol. The Balaban J connectivity index is 1.49. The van der Waals surface area contributed by atoms with Gasteiger partial charge in [-0.2, -0.15) is 15.6 Å². The molecule has 2 fully saturated rings. The maximum atomic E-state index is 13.2. The Kier molecular flexibility index (Phi) is 7.93. The van der Waals surface area contributed by atoms with Gasteiger partial charge < -0.3 is 15.1 Å². The molecule has 0 radical (unpaired) electrons. The molecule has 38 heavy (non-hydrogen) atoms. The van der Waals surface area contributed by atoms with Crippen LogP contribution in [0.4, 0.5) is 0 Å². The molecule has 2 aromatic rings.